The smallest absolute Gasteiger partial charge is 0.259 e. The number of anilines is 5. The van der Waals surface area contributed by atoms with Gasteiger partial charge in [0.05, 0.1) is 18.1 Å². The topological polar surface area (TPSA) is 136 Å². The number of nitrogens with one attached hydrogen (secondary N) is 3. The molecule has 202 valence electrons. The lowest BCUT2D eigenvalue weighted by atomic mass is 10.1. The van der Waals surface area contributed by atoms with Gasteiger partial charge in [0, 0.05) is 35.2 Å². The Morgan fingerprint density at radius 1 is 1.02 bits per heavy atom. The molecule has 5 N–H and O–H groups in total. The molecule has 4 aromatic rings. The van der Waals surface area contributed by atoms with Crippen molar-refractivity contribution in [3.63, 3.8) is 0 Å². The maximum absolute atomic E-state index is 14.7. The van der Waals surface area contributed by atoms with Gasteiger partial charge in [-0.25, -0.2) is 9.37 Å². The summed E-state index contributed by atoms with van der Waals surface area (Å²) < 4.78 is 25.9. The molecule has 1 aliphatic carbocycles. The highest BCUT2D eigenvalue weighted by atomic mass is 19.1. The van der Waals surface area contributed by atoms with E-state index in [9.17, 15) is 9.18 Å². The van der Waals surface area contributed by atoms with Gasteiger partial charge in [0.25, 0.3) is 5.91 Å². The second-order valence-electron chi connectivity index (χ2n) is 9.27. The molecule has 0 unspecified atom stereocenters. The predicted octanol–water partition coefficient (Wildman–Crippen LogP) is 4.77. The Morgan fingerprint density at radius 2 is 1.82 bits per heavy atom. The van der Waals surface area contributed by atoms with Gasteiger partial charge in [-0.15, -0.1) is 0 Å². The van der Waals surface area contributed by atoms with Crippen LogP contribution in [0, 0.1) is 5.82 Å². The number of nitrogens with two attached hydrogens (primary N) is 1. The summed E-state index contributed by atoms with van der Waals surface area (Å²) in [5, 5.41) is 9.74. The van der Waals surface area contributed by atoms with E-state index < -0.39 is 11.7 Å². The van der Waals surface area contributed by atoms with Crippen LogP contribution in [-0.4, -0.2) is 35.3 Å². The highest BCUT2D eigenvalue weighted by molar-refractivity contribution is 6.26. The number of halogens is 1. The molecule has 40 heavy (non-hydrogen) atoms. The summed E-state index contributed by atoms with van der Waals surface area (Å²) in [7, 11) is 0. The van der Waals surface area contributed by atoms with Crippen molar-refractivity contribution in [3.8, 4) is 11.5 Å². The van der Waals surface area contributed by atoms with Gasteiger partial charge in [0.15, 0.2) is 23.1 Å². The average Bonchev–Trinajstić information content (AvgIpc) is 3.30. The van der Waals surface area contributed by atoms with Crippen LogP contribution in [-0.2, 0) is 24.2 Å². The van der Waals surface area contributed by atoms with E-state index in [0.29, 0.717) is 48.3 Å². The number of carbonyl (C=O) groups is 1. The summed E-state index contributed by atoms with van der Waals surface area (Å²) in [5.74, 6) is 0.145. The molecule has 2 heterocycles. The lowest BCUT2D eigenvalue weighted by Crippen LogP contribution is -2.15. The molecule has 0 saturated carbocycles. The molecule has 1 amide bonds. The van der Waals surface area contributed by atoms with E-state index >= 15 is 0 Å². The molecule has 11 heteroatoms. The summed E-state index contributed by atoms with van der Waals surface area (Å²) in [6.07, 6.45) is 3.67. The molecule has 1 aliphatic heterocycles. The number of rotatable bonds is 9. The van der Waals surface area contributed by atoms with Gasteiger partial charge in [-0.05, 0) is 42.2 Å². The quantitative estimate of drug-likeness (QED) is 0.223. The first-order valence-electron chi connectivity index (χ1n) is 12.8. The summed E-state index contributed by atoms with van der Waals surface area (Å²) in [6.45, 7) is 1.54. The highest BCUT2D eigenvalue weighted by Crippen LogP contribution is 2.44. The minimum atomic E-state index is -0.640. The first-order valence-corrected chi connectivity index (χ1v) is 12.8. The van der Waals surface area contributed by atoms with E-state index in [-0.39, 0.29) is 11.8 Å². The maximum Gasteiger partial charge on any atom is 0.259 e. The number of aromatic nitrogens is 2. The molecule has 1 aromatic heterocycles. The molecular weight excluding hydrogens is 513 g/mol. The molecule has 0 saturated heterocycles. The van der Waals surface area contributed by atoms with Gasteiger partial charge in [0.1, 0.15) is 13.2 Å². The standard InChI is InChI=1S/C29H26FN7O3/c30-21-15-34-29(37-28(21)35-18-6-9-24-25(12-18)40-11-10-39-24)36-23-13-22(32-16-26(31)38)19-7-8-20(23)27(19)33-14-17-4-2-1-3-5-17/h1-6,9,12-13,15-16,33H,7-8,10-11,14H2,(H2,31,38)(H2,34,35,36,37). The van der Waals surface area contributed by atoms with Crippen molar-refractivity contribution in [1.29, 1.82) is 0 Å². The van der Waals surface area contributed by atoms with Crippen LogP contribution < -0.4 is 31.2 Å². The second-order valence-corrected chi connectivity index (χ2v) is 9.27. The van der Waals surface area contributed by atoms with E-state index in [1.54, 1.807) is 18.2 Å². The second kappa shape index (κ2) is 10.9. The van der Waals surface area contributed by atoms with Crippen molar-refractivity contribution >= 4 is 46.6 Å². The molecule has 10 nitrogen and oxygen atoms in total. The first-order chi connectivity index (χ1) is 19.5. The number of nitrogens with zero attached hydrogens (tertiary/aromatic N) is 3. The number of fused-ring (bicyclic) bond motifs is 3. The van der Waals surface area contributed by atoms with Crippen LogP contribution in [0.4, 0.5) is 38.9 Å². The monoisotopic (exact) mass is 539 g/mol. The molecule has 0 spiro atoms. The first kappa shape index (κ1) is 25.1. The average molecular weight is 540 g/mol. The van der Waals surface area contributed by atoms with Gasteiger partial charge in [-0.2, -0.15) is 4.98 Å². The molecule has 6 rings (SSSR count). The van der Waals surface area contributed by atoms with Gasteiger partial charge >= 0.3 is 0 Å². The van der Waals surface area contributed by atoms with E-state index in [1.807, 2.05) is 36.4 Å². The lowest BCUT2D eigenvalue weighted by Gasteiger charge is -2.19. The van der Waals surface area contributed by atoms with Crippen LogP contribution in [0.5, 0.6) is 11.5 Å². The third-order valence-electron chi connectivity index (χ3n) is 6.58. The van der Waals surface area contributed by atoms with Crippen LogP contribution in [0.3, 0.4) is 0 Å². The zero-order valence-corrected chi connectivity index (χ0v) is 21.4. The number of primary amides is 1. The molecule has 0 atom stereocenters. The van der Waals surface area contributed by atoms with E-state index in [4.69, 9.17) is 15.2 Å². The van der Waals surface area contributed by atoms with Crippen LogP contribution in [0.15, 0.2) is 65.8 Å². The fourth-order valence-electron chi connectivity index (χ4n) is 4.77. The number of ether oxygens (including phenoxy) is 2. The molecule has 2 aliphatic rings. The Balaban J connectivity index is 1.29. The Morgan fingerprint density at radius 3 is 2.65 bits per heavy atom. The summed E-state index contributed by atoms with van der Waals surface area (Å²) in [4.78, 5) is 24.3. The number of amides is 1. The maximum atomic E-state index is 14.7. The summed E-state index contributed by atoms with van der Waals surface area (Å²) in [6, 6.07) is 17.1. The Hall–Kier alpha value is -5.19. The van der Waals surface area contributed by atoms with Gasteiger partial charge in [-0.1, -0.05) is 30.3 Å². The van der Waals surface area contributed by atoms with Crippen molar-refractivity contribution < 1.29 is 18.7 Å². The zero-order valence-electron chi connectivity index (χ0n) is 21.4. The molecule has 3 aromatic carbocycles. The SMILES string of the molecule is NC(=O)C=Nc1cc(Nc2ncc(F)c(Nc3ccc4c(c3)OCCO4)n2)c2c(NCc3ccccc3)c1CC2. The third kappa shape index (κ3) is 5.35. The lowest BCUT2D eigenvalue weighted by molar-refractivity contribution is -0.111. The molecular formula is C29H26FN7O3. The predicted molar refractivity (Wildman–Crippen MR) is 151 cm³/mol. The summed E-state index contributed by atoms with van der Waals surface area (Å²) >= 11 is 0. The van der Waals surface area contributed by atoms with E-state index in [2.05, 4.69) is 30.9 Å². The molecule has 2 bridgehead atoms. The van der Waals surface area contributed by atoms with E-state index in [0.717, 1.165) is 47.6 Å². The van der Waals surface area contributed by atoms with Crippen LogP contribution in [0.25, 0.3) is 0 Å². The fraction of sp³-hybridized carbons (Fsp3) is 0.172. The van der Waals surface area contributed by atoms with Crippen LogP contribution in [0.1, 0.15) is 16.7 Å². The summed E-state index contributed by atoms with van der Waals surface area (Å²) in [5.41, 5.74) is 11.3. The van der Waals surface area contributed by atoms with Crippen molar-refractivity contribution in [1.82, 2.24) is 9.97 Å². The number of hydrogen-bond acceptors (Lipinski definition) is 9. The van der Waals surface area contributed by atoms with Crippen LogP contribution >= 0.6 is 0 Å². The molecule has 0 radical (unpaired) electrons. The van der Waals surface area contributed by atoms with Gasteiger partial charge in [0.2, 0.25) is 5.95 Å². The number of carbonyl (C=O) groups excluding carboxylic acids is 1. The number of hydrogen-bond donors (Lipinski definition) is 4. The Bertz CT molecular complexity index is 1610. The minimum Gasteiger partial charge on any atom is -0.486 e. The van der Waals surface area contributed by atoms with Crippen molar-refractivity contribution in [2.75, 3.05) is 29.2 Å². The Kier molecular flexibility index (Phi) is 6.84. The third-order valence-corrected chi connectivity index (χ3v) is 6.58. The fourth-order valence-corrected chi connectivity index (χ4v) is 4.77. The molecule has 0 fully saturated rings. The zero-order chi connectivity index (χ0) is 27.5. The highest BCUT2D eigenvalue weighted by Gasteiger charge is 2.25. The normalized spacial score (nSPS) is 13.3. The van der Waals surface area contributed by atoms with Crippen molar-refractivity contribution in [2.24, 2.45) is 10.7 Å². The van der Waals surface area contributed by atoms with E-state index in [1.165, 1.54) is 0 Å². The van der Waals surface area contributed by atoms with Crippen molar-refractivity contribution in [2.45, 2.75) is 19.4 Å². The largest absolute Gasteiger partial charge is 0.486 e. The Labute approximate surface area is 229 Å². The number of benzene rings is 3. The number of aliphatic imine (C=N–C) groups is 1. The minimum absolute atomic E-state index is 0.00313. The van der Waals surface area contributed by atoms with Gasteiger partial charge in [-0.3, -0.25) is 9.79 Å². The van der Waals surface area contributed by atoms with Crippen LogP contribution in [0.2, 0.25) is 0 Å². The van der Waals surface area contributed by atoms with Crippen molar-refractivity contribution in [3.05, 3.63) is 83.3 Å². The van der Waals surface area contributed by atoms with Gasteiger partial charge < -0.3 is 31.2 Å².